The molecule has 0 unspecified atom stereocenters. The van der Waals surface area contributed by atoms with Gasteiger partial charge in [0.05, 0.1) is 11.4 Å². The first-order valence-electron chi connectivity index (χ1n) is 8.78. The van der Waals surface area contributed by atoms with Gasteiger partial charge in [-0.3, -0.25) is 5.41 Å². The summed E-state index contributed by atoms with van der Waals surface area (Å²) in [5.74, 6) is 0.0361. The predicted octanol–water partition coefficient (Wildman–Crippen LogP) is 5.61. The van der Waals surface area contributed by atoms with Crippen molar-refractivity contribution in [1.82, 2.24) is 0 Å². The first kappa shape index (κ1) is 17.5. The molecule has 0 atom stereocenters. The maximum Gasteiger partial charge on any atom is 0.340 e. The van der Waals surface area contributed by atoms with Crippen LogP contribution in [0.2, 0.25) is 0 Å². The van der Waals surface area contributed by atoms with E-state index in [2.05, 4.69) is 34.7 Å². The zero-order chi connectivity index (χ0) is 19.4. The van der Waals surface area contributed by atoms with Crippen LogP contribution >= 0.6 is 34.8 Å². The summed E-state index contributed by atoms with van der Waals surface area (Å²) in [6.45, 7) is 0. The number of urea groups is 1. The molecule has 6 heteroatoms. The number of benzene rings is 3. The quantitative estimate of drug-likeness (QED) is 0.290. The number of nitrogens with one attached hydrogen (secondary N) is 1. The summed E-state index contributed by atoms with van der Waals surface area (Å²) >= 11 is 7.64. The van der Waals surface area contributed by atoms with Crippen molar-refractivity contribution < 1.29 is 4.79 Å². The van der Waals surface area contributed by atoms with E-state index in [4.69, 9.17) is 17.6 Å². The highest BCUT2D eigenvalue weighted by Gasteiger charge is 2.40. The highest BCUT2D eigenvalue weighted by atomic mass is 127. The number of rotatable bonds is 2. The Kier molecular flexibility index (Phi) is 4.06. The molecule has 1 heterocycles. The number of halogens is 1. The maximum absolute atomic E-state index is 13.2. The van der Waals surface area contributed by atoms with Gasteiger partial charge in [-0.05, 0) is 87.7 Å². The second-order valence-electron chi connectivity index (χ2n) is 6.76. The molecule has 5 rings (SSSR count). The van der Waals surface area contributed by atoms with Crippen molar-refractivity contribution in [2.24, 2.45) is 0 Å². The van der Waals surface area contributed by atoms with Gasteiger partial charge in [-0.25, -0.2) is 14.6 Å². The number of fused-ring (bicyclic) bond motifs is 3. The Morgan fingerprint density at radius 1 is 0.857 bits per heavy atom. The van der Waals surface area contributed by atoms with Gasteiger partial charge in [-0.15, -0.1) is 0 Å². The number of amides is 2. The van der Waals surface area contributed by atoms with Crippen molar-refractivity contribution in [3.63, 3.8) is 0 Å². The monoisotopic (exact) mass is 495 g/mol. The van der Waals surface area contributed by atoms with E-state index < -0.39 is 0 Å². The largest absolute Gasteiger partial charge is 0.340 e. The third-order valence-corrected chi connectivity index (χ3v) is 6.23. The minimum Gasteiger partial charge on any atom is -0.281 e. The molecule has 1 fully saturated rings. The molecular weight excluding hydrogens is 481 g/mol. The molecular formula is C22H14IN3OS. The Morgan fingerprint density at radius 2 is 1.54 bits per heavy atom. The summed E-state index contributed by atoms with van der Waals surface area (Å²) in [6, 6.07) is 21.5. The molecule has 1 aliphatic heterocycles. The van der Waals surface area contributed by atoms with E-state index in [0.717, 1.165) is 15.6 Å². The third kappa shape index (κ3) is 2.59. The Morgan fingerprint density at radius 3 is 2.32 bits per heavy atom. The first-order valence-corrected chi connectivity index (χ1v) is 10.3. The van der Waals surface area contributed by atoms with Gasteiger partial charge in [0.2, 0.25) is 0 Å². The van der Waals surface area contributed by atoms with Crippen LogP contribution in [-0.4, -0.2) is 16.9 Å². The zero-order valence-electron chi connectivity index (χ0n) is 14.6. The molecule has 0 bridgehead atoms. The molecule has 4 nitrogen and oxygen atoms in total. The summed E-state index contributed by atoms with van der Waals surface area (Å²) < 4.78 is 1.07. The molecule has 1 saturated heterocycles. The fourth-order valence-corrected chi connectivity index (χ4v) is 4.45. The van der Waals surface area contributed by atoms with Crippen molar-refractivity contribution >= 4 is 63.0 Å². The Labute approximate surface area is 181 Å². The van der Waals surface area contributed by atoms with Crippen LogP contribution in [0.15, 0.2) is 66.7 Å². The molecule has 1 N–H and O–H groups in total. The molecule has 1 aliphatic carbocycles. The molecule has 0 aromatic heterocycles. The van der Waals surface area contributed by atoms with Crippen molar-refractivity contribution in [1.29, 1.82) is 5.41 Å². The fourth-order valence-electron chi connectivity index (χ4n) is 3.81. The Bertz CT molecular complexity index is 1170. The third-order valence-electron chi connectivity index (χ3n) is 5.13. The number of thiocarbonyl (C=S) groups is 1. The van der Waals surface area contributed by atoms with E-state index in [1.54, 1.807) is 0 Å². The zero-order valence-corrected chi connectivity index (χ0v) is 17.6. The molecule has 2 amide bonds. The Hall–Kier alpha value is -2.58. The molecule has 3 aromatic carbocycles. The number of nitrogens with zero attached hydrogens (tertiary/aromatic N) is 2. The van der Waals surface area contributed by atoms with Gasteiger partial charge in [0.15, 0.2) is 10.8 Å². The van der Waals surface area contributed by atoms with E-state index in [9.17, 15) is 4.79 Å². The lowest BCUT2D eigenvalue weighted by Crippen LogP contribution is -2.33. The van der Waals surface area contributed by atoms with E-state index in [-0.39, 0.29) is 16.9 Å². The highest BCUT2D eigenvalue weighted by Crippen LogP contribution is 2.39. The van der Waals surface area contributed by atoms with Gasteiger partial charge in [0.25, 0.3) is 0 Å². The lowest BCUT2D eigenvalue weighted by Gasteiger charge is -2.18. The lowest BCUT2D eigenvalue weighted by molar-refractivity contribution is 0.257. The number of amidine groups is 1. The maximum atomic E-state index is 13.2. The SMILES string of the molecule is N=C1C(=S)N(c2ccc(I)cc2)C(=O)N1c1ccc2c(c1)Cc1ccccc1-2. The normalized spacial score (nSPS) is 15.2. The number of carbonyl (C=O) groups excluding carboxylic acids is 1. The number of anilines is 2. The summed E-state index contributed by atoms with van der Waals surface area (Å²) in [7, 11) is 0. The van der Waals surface area contributed by atoms with Gasteiger partial charge in [-0.2, -0.15) is 0 Å². The van der Waals surface area contributed by atoms with Crippen molar-refractivity contribution in [3.8, 4) is 11.1 Å². The molecule has 28 heavy (non-hydrogen) atoms. The number of carbonyl (C=O) groups is 1. The van der Waals surface area contributed by atoms with Crippen molar-refractivity contribution in [3.05, 3.63) is 81.4 Å². The van der Waals surface area contributed by atoms with Crippen LogP contribution < -0.4 is 9.80 Å². The van der Waals surface area contributed by atoms with Crippen LogP contribution in [0.3, 0.4) is 0 Å². The van der Waals surface area contributed by atoms with Gasteiger partial charge in [0, 0.05) is 3.57 Å². The van der Waals surface area contributed by atoms with Gasteiger partial charge < -0.3 is 0 Å². The number of hydrogen-bond donors (Lipinski definition) is 1. The summed E-state index contributed by atoms with van der Waals surface area (Å²) in [5, 5.41) is 8.45. The van der Waals surface area contributed by atoms with Gasteiger partial charge in [-0.1, -0.05) is 42.5 Å². The lowest BCUT2D eigenvalue weighted by atomic mass is 10.1. The van der Waals surface area contributed by atoms with E-state index in [0.29, 0.717) is 11.4 Å². The summed E-state index contributed by atoms with van der Waals surface area (Å²) in [4.78, 5) is 16.2. The minimum atomic E-state index is -0.313. The Balaban J connectivity index is 1.53. The molecule has 0 radical (unpaired) electrons. The minimum absolute atomic E-state index is 0.0361. The van der Waals surface area contributed by atoms with Crippen LogP contribution in [-0.2, 0) is 6.42 Å². The fraction of sp³-hybridized carbons (Fsp3) is 0.0455. The highest BCUT2D eigenvalue weighted by molar-refractivity contribution is 14.1. The van der Waals surface area contributed by atoms with E-state index in [1.807, 2.05) is 54.6 Å². The average Bonchev–Trinajstić information content (AvgIpc) is 3.17. The van der Waals surface area contributed by atoms with E-state index in [1.165, 1.54) is 26.5 Å². The molecule has 3 aromatic rings. The molecule has 2 aliphatic rings. The molecule has 136 valence electrons. The van der Waals surface area contributed by atoms with Crippen molar-refractivity contribution in [2.75, 3.05) is 9.80 Å². The predicted molar refractivity (Wildman–Crippen MR) is 125 cm³/mol. The van der Waals surface area contributed by atoms with Crippen molar-refractivity contribution in [2.45, 2.75) is 6.42 Å². The standard InChI is InChI=1S/C22H14IN3OS/c23-15-5-7-16(8-6-15)26-21(28)20(24)25(22(26)27)17-9-10-19-14(12-17)11-13-3-1-2-4-18(13)19/h1-10,12,24H,11H2. The summed E-state index contributed by atoms with van der Waals surface area (Å²) in [5.41, 5.74) is 6.23. The second-order valence-corrected chi connectivity index (χ2v) is 8.39. The average molecular weight is 495 g/mol. The van der Waals surface area contributed by atoms with Gasteiger partial charge >= 0.3 is 6.03 Å². The topological polar surface area (TPSA) is 47.4 Å². The van der Waals surface area contributed by atoms with E-state index >= 15 is 0 Å². The summed E-state index contributed by atoms with van der Waals surface area (Å²) in [6.07, 6.45) is 0.833. The van der Waals surface area contributed by atoms with Crippen LogP contribution in [0.4, 0.5) is 16.2 Å². The first-order chi connectivity index (χ1) is 13.5. The molecule has 0 spiro atoms. The number of hydrogen-bond acceptors (Lipinski definition) is 3. The smallest absolute Gasteiger partial charge is 0.281 e. The van der Waals surface area contributed by atoms with Crippen LogP contribution in [0.5, 0.6) is 0 Å². The van der Waals surface area contributed by atoms with Crippen LogP contribution in [0, 0.1) is 8.98 Å². The van der Waals surface area contributed by atoms with Crippen LogP contribution in [0.25, 0.3) is 11.1 Å². The van der Waals surface area contributed by atoms with Crippen LogP contribution in [0.1, 0.15) is 11.1 Å². The molecule has 0 saturated carbocycles. The van der Waals surface area contributed by atoms with Gasteiger partial charge in [0.1, 0.15) is 0 Å². The second kappa shape index (κ2) is 6.49.